The number of aliphatic hydroxyl groups is 1. The van der Waals surface area contributed by atoms with Crippen molar-refractivity contribution in [2.75, 3.05) is 88.2 Å². The van der Waals surface area contributed by atoms with Crippen LogP contribution in [0.1, 0.15) is 35.3 Å². The van der Waals surface area contributed by atoms with Crippen LogP contribution < -0.4 is 20.6 Å². The number of nitro benzene ring substituents is 1. The van der Waals surface area contributed by atoms with E-state index >= 15 is 0 Å². The number of nitrogens with one attached hydrogen (secondary N) is 2. The van der Waals surface area contributed by atoms with Crippen LogP contribution in [-0.4, -0.2) is 110 Å². The van der Waals surface area contributed by atoms with Gasteiger partial charge < -0.3 is 24.6 Å². The monoisotopic (exact) mass is 912 g/mol. The Morgan fingerprint density at radius 1 is 0.921 bits per heavy atom. The van der Waals surface area contributed by atoms with Crippen molar-refractivity contribution < 1.29 is 28.7 Å². The summed E-state index contributed by atoms with van der Waals surface area (Å²) in [4.78, 5) is 33.7. The van der Waals surface area contributed by atoms with Gasteiger partial charge in [0.25, 0.3) is 11.6 Å². The average Bonchev–Trinajstić information content (AvgIpc) is 3.31. The molecule has 7 rings (SSSR count). The number of halogens is 1. The first-order valence-electron chi connectivity index (χ1n) is 21.3. The number of thioether (sulfide) groups is 1. The van der Waals surface area contributed by atoms with Gasteiger partial charge in [-0.1, -0.05) is 66.2 Å². The summed E-state index contributed by atoms with van der Waals surface area (Å²) < 4.78 is 25.7. The molecule has 5 aromatic rings. The topological polar surface area (TPSA) is 150 Å². The molecule has 2 aliphatic heterocycles. The maximum absolute atomic E-state index is 14.4. The SMILES string of the molecule is CCOP(=O)(NC(=O)c1ccc(N2CCN(C(CO)c3ccccc3-c3ccc(Cl)cc3)CC2)cc1)c1ccc(N[C@H](CCN2CCOCC2)CSc2ccccc2)c([N+](=O)[O-])c1. The highest BCUT2D eigenvalue weighted by Crippen LogP contribution is 2.43. The Bertz CT molecular complexity index is 2330. The predicted molar refractivity (Wildman–Crippen MR) is 253 cm³/mol. The molecule has 0 aromatic heterocycles. The fourth-order valence-corrected chi connectivity index (χ4v) is 10.8. The van der Waals surface area contributed by atoms with Crippen LogP contribution in [0.4, 0.5) is 17.1 Å². The summed E-state index contributed by atoms with van der Waals surface area (Å²) in [6, 6.07) is 36.9. The molecule has 0 bridgehead atoms. The van der Waals surface area contributed by atoms with Gasteiger partial charge in [-0.2, -0.15) is 0 Å². The number of anilines is 2. The number of aliphatic hydroxyl groups excluding tert-OH is 1. The molecule has 3 atom stereocenters. The molecule has 63 heavy (non-hydrogen) atoms. The Hall–Kier alpha value is -4.76. The molecular formula is C47H54ClN6O7PS. The minimum absolute atomic E-state index is 0.000442. The van der Waals surface area contributed by atoms with Gasteiger partial charge in [0.2, 0.25) is 0 Å². The van der Waals surface area contributed by atoms with Crippen LogP contribution in [0.3, 0.4) is 0 Å². The fourth-order valence-electron chi connectivity index (χ4n) is 8.03. The van der Waals surface area contributed by atoms with Crippen LogP contribution in [0, 0.1) is 10.1 Å². The first-order chi connectivity index (χ1) is 30.6. The van der Waals surface area contributed by atoms with Crippen LogP contribution in [0.5, 0.6) is 0 Å². The number of hydrogen-bond acceptors (Lipinski definition) is 12. The van der Waals surface area contributed by atoms with Gasteiger partial charge in [0.15, 0.2) is 0 Å². The first kappa shape index (κ1) is 46.2. The molecule has 0 radical (unpaired) electrons. The Labute approximate surface area is 378 Å². The normalized spacial score (nSPS) is 16.8. The van der Waals surface area contributed by atoms with E-state index in [1.165, 1.54) is 12.1 Å². The fraction of sp³-hybridized carbons (Fsp3) is 0.340. The molecule has 2 unspecified atom stereocenters. The van der Waals surface area contributed by atoms with Crippen molar-refractivity contribution in [3.63, 3.8) is 0 Å². The number of nitro groups is 1. The molecule has 332 valence electrons. The highest BCUT2D eigenvalue weighted by molar-refractivity contribution is 7.99. The summed E-state index contributed by atoms with van der Waals surface area (Å²) in [5.41, 5.74) is 4.37. The van der Waals surface area contributed by atoms with E-state index in [2.05, 4.69) is 37.2 Å². The van der Waals surface area contributed by atoms with Gasteiger partial charge in [0.1, 0.15) is 5.69 Å². The lowest BCUT2D eigenvalue weighted by Crippen LogP contribution is -2.48. The Morgan fingerprint density at radius 2 is 1.62 bits per heavy atom. The van der Waals surface area contributed by atoms with E-state index in [0.717, 1.165) is 53.3 Å². The van der Waals surface area contributed by atoms with Crippen molar-refractivity contribution in [3.8, 4) is 11.1 Å². The van der Waals surface area contributed by atoms with Gasteiger partial charge in [-0.25, -0.2) is 0 Å². The van der Waals surface area contributed by atoms with Crippen molar-refractivity contribution in [3.05, 3.63) is 148 Å². The summed E-state index contributed by atoms with van der Waals surface area (Å²) in [5.74, 6) is 0.0418. The Morgan fingerprint density at radius 3 is 2.30 bits per heavy atom. The molecule has 0 saturated carbocycles. The van der Waals surface area contributed by atoms with Crippen LogP contribution in [0.2, 0.25) is 5.02 Å². The molecule has 2 saturated heterocycles. The largest absolute Gasteiger partial charge is 0.394 e. The smallest absolute Gasteiger partial charge is 0.326 e. The van der Waals surface area contributed by atoms with Crippen LogP contribution >= 0.6 is 30.9 Å². The third kappa shape index (κ3) is 12.1. The number of carbonyl (C=O) groups is 1. The zero-order chi connectivity index (χ0) is 44.2. The zero-order valence-electron chi connectivity index (χ0n) is 35.3. The number of ether oxygens (including phenoxy) is 1. The van der Waals surface area contributed by atoms with E-state index in [1.54, 1.807) is 36.9 Å². The average molecular weight is 913 g/mol. The molecule has 5 aromatic carbocycles. The molecule has 16 heteroatoms. The van der Waals surface area contributed by atoms with E-state index < -0.39 is 18.4 Å². The lowest BCUT2D eigenvalue weighted by atomic mass is 9.94. The number of piperazine rings is 1. The molecule has 1 amide bonds. The van der Waals surface area contributed by atoms with Crippen molar-refractivity contribution in [1.82, 2.24) is 14.9 Å². The molecule has 13 nitrogen and oxygen atoms in total. The Kier molecular flexibility index (Phi) is 16.3. The molecule has 2 aliphatic rings. The second-order valence-corrected chi connectivity index (χ2v) is 19.1. The molecule has 0 spiro atoms. The number of amides is 1. The number of benzene rings is 5. The molecule has 0 aliphatic carbocycles. The third-order valence-electron chi connectivity index (χ3n) is 11.4. The van der Waals surface area contributed by atoms with Crippen LogP contribution in [0.25, 0.3) is 11.1 Å². The number of rotatable bonds is 19. The van der Waals surface area contributed by atoms with Crippen molar-refractivity contribution in [1.29, 1.82) is 0 Å². The number of nitrogens with zero attached hydrogens (tertiary/aromatic N) is 4. The first-order valence-corrected chi connectivity index (χ1v) is 24.3. The summed E-state index contributed by atoms with van der Waals surface area (Å²) in [5, 5.41) is 29.8. The zero-order valence-corrected chi connectivity index (χ0v) is 37.8. The minimum atomic E-state index is -4.10. The number of hydrogen-bond donors (Lipinski definition) is 3. The maximum Gasteiger partial charge on any atom is 0.326 e. The van der Waals surface area contributed by atoms with Crippen molar-refractivity contribution >= 4 is 59.2 Å². The molecule has 3 N–H and O–H groups in total. The molecule has 2 heterocycles. The van der Waals surface area contributed by atoms with Crippen LogP contribution in [-0.2, 0) is 13.8 Å². The van der Waals surface area contributed by atoms with Gasteiger partial charge in [0.05, 0.1) is 42.7 Å². The Balaban J connectivity index is 1.00. The summed E-state index contributed by atoms with van der Waals surface area (Å²) >= 11 is 7.83. The second kappa shape index (κ2) is 22.2. The van der Waals surface area contributed by atoms with E-state index in [-0.39, 0.29) is 41.9 Å². The van der Waals surface area contributed by atoms with Crippen LogP contribution in [0.15, 0.2) is 126 Å². The van der Waals surface area contributed by atoms with Gasteiger partial charge in [-0.05, 0) is 90.7 Å². The van der Waals surface area contributed by atoms with E-state index in [4.69, 9.17) is 20.9 Å². The molecular weight excluding hydrogens is 859 g/mol. The predicted octanol–water partition coefficient (Wildman–Crippen LogP) is 8.35. The summed E-state index contributed by atoms with van der Waals surface area (Å²) in [7, 11) is -4.10. The second-order valence-electron chi connectivity index (χ2n) is 15.4. The third-order valence-corrected chi connectivity index (χ3v) is 14.9. The van der Waals surface area contributed by atoms with Gasteiger partial charge in [0, 0.05) is 84.8 Å². The van der Waals surface area contributed by atoms with E-state index in [1.807, 2.05) is 78.9 Å². The quantitative estimate of drug-likeness (QED) is 0.0316. The lowest BCUT2D eigenvalue weighted by Gasteiger charge is -2.40. The minimum Gasteiger partial charge on any atom is -0.394 e. The highest BCUT2D eigenvalue weighted by Gasteiger charge is 2.33. The van der Waals surface area contributed by atoms with Gasteiger partial charge in [-0.15, -0.1) is 11.8 Å². The van der Waals surface area contributed by atoms with Crippen molar-refractivity contribution in [2.45, 2.75) is 30.3 Å². The molecule has 2 fully saturated rings. The summed E-state index contributed by atoms with van der Waals surface area (Å²) in [6.07, 6.45) is 0.742. The van der Waals surface area contributed by atoms with Gasteiger partial charge >= 0.3 is 7.52 Å². The lowest BCUT2D eigenvalue weighted by molar-refractivity contribution is -0.383. The van der Waals surface area contributed by atoms with Gasteiger partial charge in [-0.3, -0.25) is 34.4 Å². The van der Waals surface area contributed by atoms with E-state index in [9.17, 15) is 24.6 Å². The highest BCUT2D eigenvalue weighted by atomic mass is 35.5. The number of morpholine rings is 1. The van der Waals surface area contributed by atoms with Crippen molar-refractivity contribution in [2.24, 2.45) is 0 Å². The summed E-state index contributed by atoms with van der Waals surface area (Å²) in [6.45, 7) is 8.29. The standard InChI is InChI=1S/C47H54ClN6O7PS/c1-2-61-62(59,40-20-21-44(45(32-40)54(57)58)49-38(22-23-51-28-30-60-31-29-51)34-63-41-8-4-3-5-9-41)50-47(56)36-14-18-39(19-15-36)52-24-26-53(27-25-52)46(33-55)43-11-7-6-10-42(43)35-12-16-37(48)17-13-35/h3-21,32,38,46,49,55H,2,22-31,33-34H2,1H3,(H,50,56,59)/t38-,46?,62?/m1/s1. The maximum atomic E-state index is 14.4. The van der Waals surface area contributed by atoms with E-state index in [0.29, 0.717) is 55.9 Å². The number of carbonyl (C=O) groups excluding carboxylic acids is 1.